The van der Waals surface area contributed by atoms with Crippen LogP contribution in [0.1, 0.15) is 5.76 Å². The molecule has 4 rings (SSSR count). The summed E-state index contributed by atoms with van der Waals surface area (Å²) >= 11 is 0.967. The zero-order valence-electron chi connectivity index (χ0n) is 14.2. The third kappa shape index (κ3) is 3.54. The Labute approximate surface area is 156 Å². The molecule has 2 aliphatic heterocycles. The Morgan fingerprint density at radius 1 is 1.00 bits per heavy atom. The van der Waals surface area contributed by atoms with Gasteiger partial charge >= 0.3 is 0 Å². The van der Waals surface area contributed by atoms with Gasteiger partial charge in [0.15, 0.2) is 0 Å². The first-order valence-electron chi connectivity index (χ1n) is 8.52. The topological polar surface area (TPSA) is 57.0 Å². The molecule has 0 radical (unpaired) electrons. The van der Waals surface area contributed by atoms with Crippen LogP contribution in [-0.4, -0.2) is 53.8 Å². The second-order valence-corrected chi connectivity index (χ2v) is 7.20. The van der Waals surface area contributed by atoms with E-state index in [2.05, 4.69) is 21.9 Å². The highest BCUT2D eigenvalue weighted by atomic mass is 32.2. The van der Waals surface area contributed by atoms with Gasteiger partial charge in [-0.05, 0) is 36.0 Å². The summed E-state index contributed by atoms with van der Waals surface area (Å²) in [5.74, 6) is 0.328. The Kier molecular flexibility index (Phi) is 4.81. The number of anilines is 1. The van der Waals surface area contributed by atoms with Crippen molar-refractivity contribution in [3.8, 4) is 0 Å². The third-order valence-corrected chi connectivity index (χ3v) is 5.43. The van der Waals surface area contributed by atoms with Gasteiger partial charge in [0, 0.05) is 37.9 Å². The molecule has 6 nitrogen and oxygen atoms in total. The fourth-order valence-electron chi connectivity index (χ4n) is 3.11. The third-order valence-electron chi connectivity index (χ3n) is 4.53. The van der Waals surface area contributed by atoms with Crippen LogP contribution in [0.5, 0.6) is 0 Å². The number of para-hydroxylation sites is 1. The fraction of sp³-hybridized carbons (Fsp3) is 0.263. The standard InChI is InChI=1S/C19H19N3O3S/c23-18-17(13-16-7-4-12-25-16)26-19(24)22(18)14-20-8-10-21(11-9-20)15-5-2-1-3-6-15/h1-7,12-13H,8-11,14H2/b17-13+. The van der Waals surface area contributed by atoms with Crippen molar-refractivity contribution in [2.45, 2.75) is 0 Å². The number of hydrogen-bond acceptors (Lipinski definition) is 6. The first-order chi connectivity index (χ1) is 12.7. The molecule has 0 N–H and O–H groups in total. The molecule has 0 aliphatic carbocycles. The number of carbonyl (C=O) groups excluding carboxylic acids is 2. The molecule has 2 saturated heterocycles. The number of benzene rings is 1. The van der Waals surface area contributed by atoms with Gasteiger partial charge in [-0.2, -0.15) is 0 Å². The second-order valence-electron chi connectivity index (χ2n) is 6.21. The minimum Gasteiger partial charge on any atom is -0.465 e. The smallest absolute Gasteiger partial charge is 0.294 e. The Balaban J connectivity index is 1.36. The van der Waals surface area contributed by atoms with E-state index in [-0.39, 0.29) is 11.1 Å². The molecule has 134 valence electrons. The zero-order valence-corrected chi connectivity index (χ0v) is 15.0. The highest BCUT2D eigenvalue weighted by Gasteiger charge is 2.36. The summed E-state index contributed by atoms with van der Waals surface area (Å²) < 4.78 is 5.23. The monoisotopic (exact) mass is 369 g/mol. The number of carbonyl (C=O) groups is 2. The molecule has 0 bridgehead atoms. The van der Waals surface area contributed by atoms with Gasteiger partial charge in [0.25, 0.3) is 11.1 Å². The molecule has 1 aromatic carbocycles. The predicted octanol–water partition coefficient (Wildman–Crippen LogP) is 3.10. The molecular formula is C19H19N3O3S. The largest absolute Gasteiger partial charge is 0.465 e. The zero-order chi connectivity index (χ0) is 17.9. The summed E-state index contributed by atoms with van der Waals surface area (Å²) in [4.78, 5) is 31.0. The van der Waals surface area contributed by atoms with E-state index in [1.807, 2.05) is 18.2 Å². The molecule has 0 atom stereocenters. The summed E-state index contributed by atoms with van der Waals surface area (Å²) in [5.41, 5.74) is 1.21. The summed E-state index contributed by atoms with van der Waals surface area (Å²) in [7, 11) is 0. The Morgan fingerprint density at radius 2 is 1.77 bits per heavy atom. The van der Waals surface area contributed by atoms with Crippen LogP contribution in [0.15, 0.2) is 58.1 Å². The van der Waals surface area contributed by atoms with Gasteiger partial charge in [-0.1, -0.05) is 18.2 Å². The molecule has 0 unspecified atom stereocenters. The normalized spacial score (nSPS) is 20.4. The van der Waals surface area contributed by atoms with Gasteiger partial charge in [0.1, 0.15) is 5.76 Å². The van der Waals surface area contributed by atoms with Gasteiger partial charge in [-0.3, -0.25) is 19.4 Å². The molecule has 26 heavy (non-hydrogen) atoms. The minimum absolute atomic E-state index is 0.224. The van der Waals surface area contributed by atoms with E-state index in [1.54, 1.807) is 24.5 Å². The van der Waals surface area contributed by atoms with Crippen LogP contribution < -0.4 is 4.90 Å². The van der Waals surface area contributed by atoms with E-state index in [1.165, 1.54) is 10.6 Å². The van der Waals surface area contributed by atoms with Crippen molar-refractivity contribution in [2.24, 2.45) is 0 Å². The molecule has 2 aromatic rings. The quantitative estimate of drug-likeness (QED) is 0.772. The van der Waals surface area contributed by atoms with Gasteiger partial charge in [-0.25, -0.2) is 0 Å². The number of amides is 2. The van der Waals surface area contributed by atoms with Crippen molar-refractivity contribution < 1.29 is 14.0 Å². The van der Waals surface area contributed by atoms with Crippen molar-refractivity contribution in [1.29, 1.82) is 0 Å². The van der Waals surface area contributed by atoms with E-state index in [0.717, 1.165) is 37.9 Å². The summed E-state index contributed by atoms with van der Waals surface area (Å²) in [5, 5.41) is -0.224. The highest BCUT2D eigenvalue weighted by molar-refractivity contribution is 8.18. The van der Waals surface area contributed by atoms with Crippen LogP contribution in [0.2, 0.25) is 0 Å². The van der Waals surface area contributed by atoms with Gasteiger partial charge in [0.2, 0.25) is 0 Å². The van der Waals surface area contributed by atoms with Crippen molar-refractivity contribution in [3.05, 3.63) is 59.4 Å². The number of imide groups is 1. The second kappa shape index (κ2) is 7.39. The van der Waals surface area contributed by atoms with E-state index in [4.69, 9.17) is 4.42 Å². The molecule has 2 aliphatic rings. The van der Waals surface area contributed by atoms with Crippen molar-refractivity contribution >= 4 is 34.7 Å². The fourth-order valence-corrected chi connectivity index (χ4v) is 3.92. The minimum atomic E-state index is -0.248. The first-order valence-corrected chi connectivity index (χ1v) is 9.33. The predicted molar refractivity (Wildman–Crippen MR) is 102 cm³/mol. The molecule has 3 heterocycles. The van der Waals surface area contributed by atoms with Gasteiger partial charge in [0.05, 0.1) is 17.8 Å². The van der Waals surface area contributed by atoms with Crippen molar-refractivity contribution in [1.82, 2.24) is 9.80 Å². The lowest BCUT2D eigenvalue weighted by molar-refractivity contribution is -0.124. The maximum Gasteiger partial charge on any atom is 0.294 e. The Hall–Kier alpha value is -2.51. The van der Waals surface area contributed by atoms with Crippen LogP contribution in [-0.2, 0) is 4.79 Å². The number of rotatable bonds is 4. The van der Waals surface area contributed by atoms with E-state index in [0.29, 0.717) is 17.3 Å². The van der Waals surface area contributed by atoms with Gasteiger partial charge < -0.3 is 9.32 Å². The molecule has 0 saturated carbocycles. The molecule has 1 aromatic heterocycles. The summed E-state index contributed by atoms with van der Waals surface area (Å²) in [6, 6.07) is 13.8. The lowest BCUT2D eigenvalue weighted by atomic mass is 10.2. The van der Waals surface area contributed by atoms with Crippen LogP contribution in [0.25, 0.3) is 6.08 Å². The van der Waals surface area contributed by atoms with Crippen LogP contribution in [0.3, 0.4) is 0 Å². The number of hydrogen-bond donors (Lipinski definition) is 0. The first kappa shape index (κ1) is 16.9. The van der Waals surface area contributed by atoms with E-state index in [9.17, 15) is 9.59 Å². The van der Waals surface area contributed by atoms with E-state index >= 15 is 0 Å². The molecule has 7 heteroatoms. The maximum absolute atomic E-state index is 12.5. The summed E-state index contributed by atoms with van der Waals surface area (Å²) in [6.07, 6.45) is 3.17. The van der Waals surface area contributed by atoms with Gasteiger partial charge in [-0.15, -0.1) is 0 Å². The summed E-state index contributed by atoms with van der Waals surface area (Å²) in [6.45, 7) is 3.72. The van der Waals surface area contributed by atoms with E-state index < -0.39 is 0 Å². The molecule has 0 spiro atoms. The molecule has 2 fully saturated rings. The Bertz CT molecular complexity index is 812. The lowest BCUT2D eigenvalue weighted by Crippen LogP contribution is -2.50. The van der Waals surface area contributed by atoms with Crippen molar-refractivity contribution in [2.75, 3.05) is 37.7 Å². The molecular weight excluding hydrogens is 350 g/mol. The number of nitrogens with zero attached hydrogens (tertiary/aromatic N) is 3. The van der Waals surface area contributed by atoms with Crippen LogP contribution in [0, 0.1) is 0 Å². The maximum atomic E-state index is 12.5. The number of piperazine rings is 1. The highest BCUT2D eigenvalue weighted by Crippen LogP contribution is 2.32. The van der Waals surface area contributed by atoms with Crippen LogP contribution >= 0.6 is 11.8 Å². The number of thioether (sulfide) groups is 1. The number of furan rings is 1. The lowest BCUT2D eigenvalue weighted by Gasteiger charge is -2.37. The average Bonchev–Trinajstić information content (AvgIpc) is 3.27. The average molecular weight is 369 g/mol. The Morgan fingerprint density at radius 3 is 2.46 bits per heavy atom. The van der Waals surface area contributed by atoms with Crippen molar-refractivity contribution in [3.63, 3.8) is 0 Å². The molecule has 2 amide bonds. The SMILES string of the molecule is O=C1S/C(=C/c2ccco2)C(=O)N1CN1CCN(c2ccccc2)CC1. The van der Waals surface area contributed by atoms with Crippen LogP contribution in [0.4, 0.5) is 10.5 Å².